The van der Waals surface area contributed by atoms with Crippen LogP contribution in [0.25, 0.3) is 0 Å². The Morgan fingerprint density at radius 1 is 1.00 bits per heavy atom. The van der Waals surface area contributed by atoms with E-state index in [4.69, 9.17) is 0 Å². The van der Waals surface area contributed by atoms with Gasteiger partial charge in [0.05, 0.1) is 23.3 Å². The summed E-state index contributed by atoms with van der Waals surface area (Å²) >= 11 is 0. The highest BCUT2D eigenvalue weighted by Crippen LogP contribution is 2.29. The van der Waals surface area contributed by atoms with Crippen LogP contribution in [0.1, 0.15) is 33.6 Å². The van der Waals surface area contributed by atoms with E-state index in [1.54, 1.807) is 36.4 Å². The molecular weight excluding hydrogens is 382 g/mol. The fraction of sp³-hybridized carbons (Fsp3) is 0.316. The van der Waals surface area contributed by atoms with Gasteiger partial charge in [-0.25, -0.2) is 13.4 Å². The molecule has 2 atom stereocenters. The van der Waals surface area contributed by atoms with Crippen molar-refractivity contribution in [3.63, 3.8) is 0 Å². The van der Waals surface area contributed by atoms with Gasteiger partial charge in [-0.05, 0) is 37.1 Å². The zero-order chi connectivity index (χ0) is 19.9. The minimum absolute atomic E-state index is 0.0959. The van der Waals surface area contributed by atoms with Gasteiger partial charge in [-0.2, -0.15) is 4.31 Å². The fourth-order valence-corrected chi connectivity index (χ4v) is 5.18. The Balaban J connectivity index is 1.59. The second-order valence-electron chi connectivity index (χ2n) is 6.83. The predicted molar refractivity (Wildman–Crippen MR) is 99.0 cm³/mol. The lowest BCUT2D eigenvalue weighted by atomic mass is 10.1. The van der Waals surface area contributed by atoms with Crippen molar-refractivity contribution in [1.82, 2.24) is 14.2 Å². The van der Waals surface area contributed by atoms with Crippen molar-refractivity contribution in [3.05, 3.63) is 59.8 Å². The van der Waals surface area contributed by atoms with Gasteiger partial charge in [-0.1, -0.05) is 18.2 Å². The Kier molecular flexibility index (Phi) is 4.74. The standard InChI is InChI=1S/C19H19N3O5S/c23-16-12-21(28(26,27)17-9-3-4-10-20-17)11-5-8-15(16)22-18(24)13-6-1-2-7-14(13)19(22)25/h1-4,6-7,9-10,15-16,23H,5,8,11-12H2/t15-,16+/m0/s1. The van der Waals surface area contributed by atoms with Crippen molar-refractivity contribution in [1.29, 1.82) is 0 Å². The van der Waals surface area contributed by atoms with Crippen LogP contribution in [0.2, 0.25) is 0 Å². The van der Waals surface area contributed by atoms with Crippen LogP contribution in [0, 0.1) is 0 Å². The number of hydrogen-bond acceptors (Lipinski definition) is 6. The number of amides is 2. The molecule has 1 fully saturated rings. The third-order valence-corrected chi connectivity index (χ3v) is 6.92. The first-order valence-electron chi connectivity index (χ1n) is 8.97. The number of β-amino-alcohol motifs (C(OH)–C–C–N with tert-alkyl or cyclic N) is 1. The van der Waals surface area contributed by atoms with Crippen LogP contribution in [0.3, 0.4) is 0 Å². The van der Waals surface area contributed by atoms with Crippen LogP contribution in [-0.2, 0) is 10.0 Å². The maximum absolute atomic E-state index is 12.8. The molecule has 28 heavy (non-hydrogen) atoms. The normalized spacial score (nSPS) is 23.5. The lowest BCUT2D eigenvalue weighted by Crippen LogP contribution is -2.49. The molecule has 1 N–H and O–H groups in total. The first-order valence-corrected chi connectivity index (χ1v) is 10.4. The largest absolute Gasteiger partial charge is 0.390 e. The molecule has 146 valence electrons. The maximum Gasteiger partial charge on any atom is 0.261 e. The SMILES string of the molecule is O=C1c2ccccc2C(=O)N1[C@H]1CCCN(S(=O)(=O)c2ccccn2)C[C@H]1O. The second kappa shape index (κ2) is 7.08. The summed E-state index contributed by atoms with van der Waals surface area (Å²) in [4.78, 5) is 30.4. The zero-order valence-corrected chi connectivity index (χ0v) is 15.7. The smallest absolute Gasteiger partial charge is 0.261 e. The number of aliphatic hydroxyl groups excluding tert-OH is 1. The van der Waals surface area contributed by atoms with Crippen molar-refractivity contribution in [3.8, 4) is 0 Å². The molecule has 2 aromatic rings. The zero-order valence-electron chi connectivity index (χ0n) is 14.9. The highest BCUT2D eigenvalue weighted by Gasteiger charge is 2.44. The minimum atomic E-state index is -3.87. The number of aliphatic hydroxyl groups is 1. The molecule has 0 unspecified atom stereocenters. The number of aromatic nitrogens is 1. The van der Waals surface area contributed by atoms with Crippen molar-refractivity contribution in [2.45, 2.75) is 30.0 Å². The van der Waals surface area contributed by atoms with Gasteiger partial charge in [0.2, 0.25) is 0 Å². The van der Waals surface area contributed by atoms with E-state index in [0.29, 0.717) is 24.0 Å². The molecule has 1 saturated heterocycles. The van der Waals surface area contributed by atoms with E-state index >= 15 is 0 Å². The third-order valence-electron chi connectivity index (χ3n) is 5.14. The first-order chi connectivity index (χ1) is 13.4. The molecule has 2 aliphatic rings. The van der Waals surface area contributed by atoms with Crippen LogP contribution in [0.4, 0.5) is 0 Å². The molecule has 2 aliphatic heterocycles. The molecule has 0 spiro atoms. The lowest BCUT2D eigenvalue weighted by molar-refractivity contribution is 0.0322. The van der Waals surface area contributed by atoms with Gasteiger partial charge in [0.25, 0.3) is 21.8 Å². The van der Waals surface area contributed by atoms with E-state index in [1.807, 2.05) is 0 Å². The predicted octanol–water partition coefficient (Wildman–Crippen LogP) is 0.892. The molecule has 8 nitrogen and oxygen atoms in total. The highest BCUT2D eigenvalue weighted by atomic mass is 32.2. The Labute approximate surface area is 162 Å². The van der Waals surface area contributed by atoms with Crippen molar-refractivity contribution < 1.29 is 23.1 Å². The summed E-state index contributed by atoms with van der Waals surface area (Å²) in [6, 6.07) is 10.3. The number of hydrogen-bond donors (Lipinski definition) is 1. The number of pyridine rings is 1. The number of carbonyl (C=O) groups excluding carboxylic acids is 2. The molecule has 9 heteroatoms. The summed E-state index contributed by atoms with van der Waals surface area (Å²) < 4.78 is 26.8. The quantitative estimate of drug-likeness (QED) is 0.766. The molecule has 0 bridgehead atoms. The summed E-state index contributed by atoms with van der Waals surface area (Å²) in [7, 11) is -3.87. The number of sulfonamides is 1. The maximum atomic E-state index is 12.8. The van der Waals surface area contributed by atoms with E-state index in [-0.39, 0.29) is 18.1 Å². The van der Waals surface area contributed by atoms with Gasteiger partial charge in [-0.3, -0.25) is 14.5 Å². The number of nitrogens with zero attached hydrogens (tertiary/aromatic N) is 3. The van der Waals surface area contributed by atoms with Gasteiger partial charge < -0.3 is 5.11 Å². The Bertz CT molecular complexity index is 990. The molecule has 0 saturated carbocycles. The number of rotatable bonds is 3. The summed E-state index contributed by atoms with van der Waals surface area (Å²) in [6.07, 6.45) is 0.924. The summed E-state index contributed by atoms with van der Waals surface area (Å²) in [6.45, 7) is -0.0351. The van der Waals surface area contributed by atoms with E-state index in [9.17, 15) is 23.1 Å². The average molecular weight is 401 g/mol. The minimum Gasteiger partial charge on any atom is -0.390 e. The highest BCUT2D eigenvalue weighted by molar-refractivity contribution is 7.89. The number of benzene rings is 1. The second-order valence-corrected chi connectivity index (χ2v) is 8.72. The monoisotopic (exact) mass is 401 g/mol. The van der Waals surface area contributed by atoms with Crippen molar-refractivity contribution >= 4 is 21.8 Å². The molecule has 0 aliphatic carbocycles. The van der Waals surface area contributed by atoms with Crippen LogP contribution >= 0.6 is 0 Å². The molecule has 3 heterocycles. The van der Waals surface area contributed by atoms with Crippen molar-refractivity contribution in [2.75, 3.05) is 13.1 Å². The van der Waals surface area contributed by atoms with E-state index in [1.165, 1.54) is 12.3 Å². The van der Waals surface area contributed by atoms with Crippen LogP contribution in [0.15, 0.2) is 53.7 Å². The topological polar surface area (TPSA) is 108 Å². The van der Waals surface area contributed by atoms with Crippen LogP contribution in [0.5, 0.6) is 0 Å². The summed E-state index contributed by atoms with van der Waals surface area (Å²) in [5.74, 6) is -0.906. The molecule has 4 rings (SSSR count). The third kappa shape index (κ3) is 3.01. The molecule has 1 aromatic carbocycles. The van der Waals surface area contributed by atoms with Gasteiger partial charge in [0, 0.05) is 19.3 Å². The number of carbonyl (C=O) groups is 2. The number of fused-ring (bicyclic) bond motifs is 1. The van der Waals surface area contributed by atoms with Gasteiger partial charge in [0.15, 0.2) is 5.03 Å². The fourth-order valence-electron chi connectivity index (χ4n) is 3.75. The van der Waals surface area contributed by atoms with Crippen molar-refractivity contribution in [2.24, 2.45) is 0 Å². The van der Waals surface area contributed by atoms with E-state index in [0.717, 1.165) is 9.21 Å². The van der Waals surface area contributed by atoms with E-state index < -0.39 is 34.0 Å². The van der Waals surface area contributed by atoms with Gasteiger partial charge >= 0.3 is 0 Å². The van der Waals surface area contributed by atoms with Crippen LogP contribution < -0.4 is 0 Å². The lowest BCUT2D eigenvalue weighted by Gasteiger charge is -2.29. The number of imide groups is 1. The summed E-state index contributed by atoms with van der Waals surface area (Å²) in [5, 5.41) is 10.6. The Hall–Kier alpha value is -2.62. The van der Waals surface area contributed by atoms with E-state index in [2.05, 4.69) is 4.98 Å². The van der Waals surface area contributed by atoms with Gasteiger partial charge in [0.1, 0.15) is 0 Å². The molecule has 0 radical (unpaired) electrons. The Morgan fingerprint density at radius 3 is 2.25 bits per heavy atom. The average Bonchev–Trinajstić information content (AvgIpc) is 2.83. The van der Waals surface area contributed by atoms with Gasteiger partial charge in [-0.15, -0.1) is 0 Å². The van der Waals surface area contributed by atoms with Crippen LogP contribution in [-0.4, -0.2) is 64.8 Å². The first kappa shape index (κ1) is 18.7. The summed E-state index contributed by atoms with van der Waals surface area (Å²) in [5.41, 5.74) is 0.615. The molecular formula is C19H19N3O5S. The molecule has 1 aromatic heterocycles. The molecule has 2 amide bonds. The Morgan fingerprint density at radius 2 is 1.64 bits per heavy atom.